The van der Waals surface area contributed by atoms with Crippen LogP contribution in [0.1, 0.15) is 12.0 Å². The summed E-state index contributed by atoms with van der Waals surface area (Å²) in [4.78, 5) is 28.3. The van der Waals surface area contributed by atoms with Gasteiger partial charge in [0, 0.05) is 18.1 Å². The van der Waals surface area contributed by atoms with Crippen LogP contribution in [0.3, 0.4) is 0 Å². The molecule has 5 nitrogen and oxygen atoms in total. The summed E-state index contributed by atoms with van der Waals surface area (Å²) < 4.78 is 0.918. The van der Waals surface area contributed by atoms with Gasteiger partial charge in [-0.25, -0.2) is 9.78 Å². The van der Waals surface area contributed by atoms with Gasteiger partial charge < -0.3 is 5.73 Å². The minimum atomic E-state index is -0.688. The molecule has 3 heterocycles. The number of carbonyl (C=O) groups is 2. The Hall–Kier alpha value is -1.66. The molecule has 3 amide bonds. The molecule has 0 spiro atoms. The number of fused-ring (bicyclic) bond motifs is 1. The third-order valence-electron chi connectivity index (χ3n) is 3.38. The number of imide groups is 1. The Balaban J connectivity index is 1.86. The lowest BCUT2D eigenvalue weighted by molar-refractivity contribution is -0.123. The maximum atomic E-state index is 12.0. The first-order chi connectivity index (χ1) is 9.58. The van der Waals surface area contributed by atoms with Gasteiger partial charge in [0.1, 0.15) is 5.15 Å². The van der Waals surface area contributed by atoms with Gasteiger partial charge in [-0.2, -0.15) is 0 Å². The molecular formula is C13H11ClN3O2S. The van der Waals surface area contributed by atoms with E-state index in [0.29, 0.717) is 30.5 Å². The van der Waals surface area contributed by atoms with E-state index < -0.39 is 6.03 Å². The zero-order valence-corrected chi connectivity index (χ0v) is 12.0. The van der Waals surface area contributed by atoms with E-state index >= 15 is 0 Å². The molecule has 7 heteroatoms. The lowest BCUT2D eigenvalue weighted by Crippen LogP contribution is -2.37. The van der Waals surface area contributed by atoms with Crippen LogP contribution >= 0.6 is 22.9 Å². The summed E-state index contributed by atoms with van der Waals surface area (Å²) in [6.07, 6.45) is 2.73. The summed E-state index contributed by atoms with van der Waals surface area (Å²) in [6, 6.07) is 1.20. The van der Waals surface area contributed by atoms with Crippen LogP contribution in [0.25, 0.3) is 10.1 Å². The molecule has 2 aromatic heterocycles. The largest absolute Gasteiger partial charge is 0.351 e. The van der Waals surface area contributed by atoms with E-state index in [1.54, 1.807) is 6.20 Å². The minimum absolute atomic E-state index is 0.267. The highest BCUT2D eigenvalue weighted by atomic mass is 35.5. The molecule has 0 bridgehead atoms. The molecule has 1 fully saturated rings. The molecule has 103 valence electrons. The van der Waals surface area contributed by atoms with Crippen molar-refractivity contribution in [3.8, 4) is 0 Å². The fraction of sp³-hybridized carbons (Fsp3) is 0.231. The van der Waals surface area contributed by atoms with E-state index in [-0.39, 0.29) is 5.91 Å². The summed E-state index contributed by atoms with van der Waals surface area (Å²) >= 11 is 7.54. The van der Waals surface area contributed by atoms with Gasteiger partial charge in [0.05, 0.1) is 10.6 Å². The average Bonchev–Trinajstić information content (AvgIpc) is 2.97. The molecule has 0 aromatic carbocycles. The molecule has 3 rings (SSSR count). The van der Waals surface area contributed by atoms with Gasteiger partial charge in [-0.15, -0.1) is 11.3 Å². The van der Waals surface area contributed by atoms with Gasteiger partial charge in [-0.05, 0) is 29.9 Å². The van der Waals surface area contributed by atoms with Crippen LogP contribution in [-0.4, -0.2) is 28.4 Å². The average molecular weight is 309 g/mol. The monoisotopic (exact) mass is 308 g/mol. The van der Waals surface area contributed by atoms with E-state index in [9.17, 15) is 9.59 Å². The lowest BCUT2D eigenvalue weighted by atomic mass is 9.98. The van der Waals surface area contributed by atoms with E-state index in [4.69, 9.17) is 17.3 Å². The number of hydrogen-bond donors (Lipinski definition) is 1. The summed E-state index contributed by atoms with van der Waals surface area (Å²) in [7, 11) is 0. The maximum absolute atomic E-state index is 12.0. The molecule has 1 aliphatic heterocycles. The van der Waals surface area contributed by atoms with Crippen molar-refractivity contribution in [3.63, 3.8) is 0 Å². The Kier molecular flexibility index (Phi) is 3.35. The van der Waals surface area contributed by atoms with E-state index in [1.807, 2.05) is 11.4 Å². The van der Waals surface area contributed by atoms with Crippen LogP contribution in [0.5, 0.6) is 0 Å². The van der Waals surface area contributed by atoms with Gasteiger partial charge in [0.2, 0.25) is 5.91 Å². The molecule has 0 unspecified atom stereocenters. The van der Waals surface area contributed by atoms with Crippen LogP contribution < -0.4 is 5.73 Å². The Morgan fingerprint density at radius 1 is 1.55 bits per heavy atom. The van der Waals surface area contributed by atoms with Crippen LogP contribution in [0.4, 0.5) is 4.79 Å². The van der Waals surface area contributed by atoms with Crippen LogP contribution in [-0.2, 0) is 11.2 Å². The molecule has 1 radical (unpaired) electrons. The molecule has 1 aliphatic rings. The van der Waals surface area contributed by atoms with E-state index in [2.05, 4.69) is 4.98 Å². The van der Waals surface area contributed by atoms with Crippen molar-refractivity contribution in [1.29, 1.82) is 0 Å². The molecule has 2 N–H and O–H groups in total. The zero-order valence-electron chi connectivity index (χ0n) is 10.4. The number of amides is 3. The van der Waals surface area contributed by atoms with Gasteiger partial charge in [-0.1, -0.05) is 11.6 Å². The topological polar surface area (TPSA) is 76.3 Å². The highest BCUT2D eigenvalue weighted by Gasteiger charge is 2.35. The van der Waals surface area contributed by atoms with Crippen LogP contribution in [0.2, 0.25) is 5.15 Å². The minimum Gasteiger partial charge on any atom is -0.351 e. The number of hydrogen-bond acceptors (Lipinski definition) is 4. The number of primary amides is 1. The van der Waals surface area contributed by atoms with E-state index in [1.165, 1.54) is 11.3 Å². The van der Waals surface area contributed by atoms with Crippen molar-refractivity contribution >= 4 is 45.0 Å². The number of urea groups is 1. The van der Waals surface area contributed by atoms with Crippen molar-refractivity contribution in [2.75, 3.05) is 6.54 Å². The molecule has 2 aromatic rings. The third-order valence-corrected chi connectivity index (χ3v) is 4.83. The fourth-order valence-corrected chi connectivity index (χ4v) is 3.61. The number of rotatable bonds is 2. The van der Waals surface area contributed by atoms with Crippen molar-refractivity contribution in [3.05, 3.63) is 34.3 Å². The van der Waals surface area contributed by atoms with Gasteiger partial charge in [0.25, 0.3) is 0 Å². The molecule has 1 saturated heterocycles. The number of aromatic nitrogens is 1. The molecule has 20 heavy (non-hydrogen) atoms. The molecule has 0 aliphatic carbocycles. The highest BCUT2D eigenvalue weighted by Crippen LogP contribution is 2.34. The first kappa shape index (κ1) is 13.3. The van der Waals surface area contributed by atoms with Gasteiger partial charge in [-0.3, -0.25) is 9.69 Å². The van der Waals surface area contributed by atoms with Crippen molar-refractivity contribution in [2.24, 2.45) is 5.73 Å². The summed E-state index contributed by atoms with van der Waals surface area (Å²) in [5.74, 6) is 0.438. The molecular weight excluding hydrogens is 298 g/mol. The van der Waals surface area contributed by atoms with Crippen molar-refractivity contribution in [2.45, 2.75) is 12.8 Å². The normalized spacial score (nSPS) is 16.2. The number of carbonyl (C=O) groups excluding carboxylic acids is 2. The molecule has 0 saturated carbocycles. The smallest absolute Gasteiger partial charge is 0.321 e. The highest BCUT2D eigenvalue weighted by molar-refractivity contribution is 7.18. The second-order valence-corrected chi connectivity index (χ2v) is 5.80. The number of thiophene rings is 1. The number of likely N-dealkylation sites (tertiary alicyclic amines) is 1. The number of pyridine rings is 1. The number of nitrogens with zero attached hydrogens (tertiary/aromatic N) is 2. The first-order valence-corrected chi connectivity index (χ1v) is 7.30. The lowest BCUT2D eigenvalue weighted by Gasteiger charge is -2.10. The number of nitrogens with two attached hydrogens (primary N) is 1. The standard InChI is InChI=1S/C13H11ClN3O2S/c14-11-10-9(1-3-16-11)8(6-20-10)5-7-2-4-17(12(7)18)13(15)19/h1,3,6H,2,4-5H2,(H2,15,19). The molecule has 0 atom stereocenters. The van der Waals surface area contributed by atoms with Crippen LogP contribution in [0, 0.1) is 5.92 Å². The van der Waals surface area contributed by atoms with Crippen molar-refractivity contribution in [1.82, 2.24) is 9.88 Å². The third kappa shape index (κ3) is 2.14. The van der Waals surface area contributed by atoms with Gasteiger partial charge in [0.15, 0.2) is 0 Å². The SMILES string of the molecule is NC(=O)N1CC[C](Cc2csc3c(Cl)nccc23)C1=O. The Morgan fingerprint density at radius 2 is 2.35 bits per heavy atom. The van der Waals surface area contributed by atoms with Crippen molar-refractivity contribution < 1.29 is 9.59 Å². The second-order valence-electron chi connectivity index (χ2n) is 4.56. The Morgan fingerprint density at radius 3 is 3.05 bits per heavy atom. The predicted molar refractivity (Wildman–Crippen MR) is 77.5 cm³/mol. The predicted octanol–water partition coefficient (Wildman–Crippen LogP) is 2.38. The zero-order chi connectivity index (χ0) is 14.3. The Labute approximate surface area is 124 Å². The maximum Gasteiger partial charge on any atom is 0.321 e. The van der Waals surface area contributed by atoms with Crippen LogP contribution in [0.15, 0.2) is 17.6 Å². The summed E-state index contributed by atoms with van der Waals surface area (Å²) in [5, 5.41) is 3.46. The van der Waals surface area contributed by atoms with E-state index in [0.717, 1.165) is 20.5 Å². The number of halogens is 1. The second kappa shape index (κ2) is 5.03. The van der Waals surface area contributed by atoms with Gasteiger partial charge >= 0.3 is 6.03 Å². The first-order valence-electron chi connectivity index (χ1n) is 6.04. The quantitative estimate of drug-likeness (QED) is 0.865. The summed E-state index contributed by atoms with van der Waals surface area (Å²) in [6.45, 7) is 0.369. The summed E-state index contributed by atoms with van der Waals surface area (Å²) in [5.41, 5.74) is 6.19. The Bertz CT molecular complexity index is 700. The fourth-order valence-electron chi connectivity index (χ4n) is 2.37.